The van der Waals surface area contributed by atoms with Crippen molar-refractivity contribution in [2.45, 2.75) is 51.6 Å². The predicted molar refractivity (Wildman–Crippen MR) is 57.9 cm³/mol. The second-order valence-corrected chi connectivity index (χ2v) is 4.70. The Labute approximate surface area is 84.6 Å². The van der Waals surface area contributed by atoms with Crippen molar-refractivity contribution in [3.63, 3.8) is 0 Å². The van der Waals surface area contributed by atoms with Crippen LogP contribution in [0.15, 0.2) is 0 Å². The summed E-state index contributed by atoms with van der Waals surface area (Å²) < 4.78 is 0. The molecule has 0 N–H and O–H groups in total. The fraction of sp³-hybridized carbons (Fsp3) is 1.00. The van der Waals surface area contributed by atoms with E-state index in [0.717, 1.165) is 17.4 Å². The van der Waals surface area contributed by atoms with Gasteiger partial charge in [-0.1, -0.05) is 22.4 Å². The summed E-state index contributed by atoms with van der Waals surface area (Å²) in [5.41, 5.74) is 0. The molecule has 1 fully saturated rings. The Balaban J connectivity index is 2.34. The van der Waals surface area contributed by atoms with Crippen LogP contribution in [-0.4, -0.2) is 28.9 Å². The van der Waals surface area contributed by atoms with E-state index in [-0.39, 0.29) is 0 Å². The van der Waals surface area contributed by atoms with Crippen LogP contribution in [0.1, 0.15) is 39.5 Å². The maximum atomic E-state index is 3.49. The molecule has 2 unspecified atom stereocenters. The molecule has 72 valence electrons. The van der Waals surface area contributed by atoms with Gasteiger partial charge in [-0.3, -0.25) is 4.90 Å². The zero-order valence-corrected chi connectivity index (χ0v) is 9.81. The van der Waals surface area contributed by atoms with Crippen LogP contribution >= 0.6 is 15.9 Å². The zero-order chi connectivity index (χ0) is 8.97. The van der Waals surface area contributed by atoms with Gasteiger partial charge in [-0.2, -0.15) is 0 Å². The van der Waals surface area contributed by atoms with E-state index in [4.69, 9.17) is 0 Å². The highest BCUT2D eigenvalue weighted by Crippen LogP contribution is 2.22. The highest BCUT2D eigenvalue weighted by Gasteiger charge is 2.23. The topological polar surface area (TPSA) is 3.24 Å². The molecule has 0 saturated carbocycles. The fourth-order valence-corrected chi connectivity index (χ4v) is 2.41. The minimum Gasteiger partial charge on any atom is -0.298 e. The maximum absolute atomic E-state index is 3.49. The summed E-state index contributed by atoms with van der Waals surface area (Å²) in [4.78, 5) is 2.66. The largest absolute Gasteiger partial charge is 0.298 e. The van der Waals surface area contributed by atoms with Gasteiger partial charge in [0.25, 0.3) is 0 Å². The number of nitrogens with zero attached hydrogens (tertiary/aromatic N) is 1. The van der Waals surface area contributed by atoms with E-state index < -0.39 is 0 Å². The lowest BCUT2D eigenvalue weighted by Crippen LogP contribution is -2.44. The first kappa shape index (κ1) is 10.5. The molecule has 0 bridgehead atoms. The summed E-state index contributed by atoms with van der Waals surface area (Å²) in [6, 6.07) is 1.63. The Kier molecular flexibility index (Phi) is 4.59. The van der Waals surface area contributed by atoms with Crippen molar-refractivity contribution < 1.29 is 0 Å². The van der Waals surface area contributed by atoms with Gasteiger partial charge in [0, 0.05) is 17.4 Å². The van der Waals surface area contributed by atoms with Crippen LogP contribution in [0.4, 0.5) is 0 Å². The average molecular weight is 234 g/mol. The third kappa shape index (κ3) is 2.74. The van der Waals surface area contributed by atoms with Gasteiger partial charge in [0.15, 0.2) is 0 Å². The predicted octanol–water partition coefficient (Wildman–Crippen LogP) is 3.03. The summed E-state index contributed by atoms with van der Waals surface area (Å²) in [6.45, 7) is 6.00. The van der Waals surface area contributed by atoms with Crippen molar-refractivity contribution in [1.82, 2.24) is 4.90 Å². The van der Waals surface area contributed by atoms with Crippen LogP contribution in [0, 0.1) is 0 Å². The Morgan fingerprint density at radius 2 is 1.83 bits per heavy atom. The summed E-state index contributed by atoms with van der Waals surface area (Å²) in [5.74, 6) is 0. The summed E-state index contributed by atoms with van der Waals surface area (Å²) >= 11 is 3.49. The van der Waals surface area contributed by atoms with Gasteiger partial charge in [0.05, 0.1) is 0 Å². The lowest BCUT2D eigenvalue weighted by Gasteiger charge is -2.38. The second kappa shape index (κ2) is 5.23. The van der Waals surface area contributed by atoms with Gasteiger partial charge in [0.2, 0.25) is 0 Å². The van der Waals surface area contributed by atoms with Crippen LogP contribution in [-0.2, 0) is 0 Å². The summed E-state index contributed by atoms with van der Waals surface area (Å²) in [7, 11) is 0. The first-order valence-corrected chi connectivity index (χ1v) is 6.19. The molecule has 1 aliphatic rings. The Morgan fingerprint density at radius 1 is 1.25 bits per heavy atom. The van der Waals surface area contributed by atoms with Gasteiger partial charge in [-0.25, -0.2) is 0 Å². The molecule has 12 heavy (non-hydrogen) atoms. The van der Waals surface area contributed by atoms with Crippen LogP contribution < -0.4 is 0 Å². The minimum atomic E-state index is 0.813. The van der Waals surface area contributed by atoms with E-state index in [1.165, 1.54) is 32.2 Å². The van der Waals surface area contributed by atoms with Gasteiger partial charge < -0.3 is 0 Å². The molecule has 0 radical (unpaired) electrons. The summed E-state index contributed by atoms with van der Waals surface area (Å²) in [5, 5.41) is 1.14. The number of likely N-dealkylation sites (tertiary alicyclic amines) is 1. The fourth-order valence-electron chi connectivity index (χ4n) is 2.16. The van der Waals surface area contributed by atoms with E-state index >= 15 is 0 Å². The quantitative estimate of drug-likeness (QED) is 0.678. The van der Waals surface area contributed by atoms with E-state index in [0.29, 0.717) is 0 Å². The molecule has 0 aliphatic carbocycles. The third-order valence-corrected chi connectivity index (χ3v) is 3.49. The Bertz CT molecular complexity index is 117. The molecule has 2 atom stereocenters. The molecular formula is C10H20BrN. The third-order valence-electron chi connectivity index (χ3n) is 2.93. The van der Waals surface area contributed by atoms with Crippen molar-refractivity contribution in [2.24, 2.45) is 0 Å². The van der Waals surface area contributed by atoms with Crippen LogP contribution in [0.25, 0.3) is 0 Å². The number of hydrogen-bond acceptors (Lipinski definition) is 1. The van der Waals surface area contributed by atoms with Gasteiger partial charge in [-0.05, 0) is 39.7 Å². The molecule has 0 amide bonds. The molecule has 0 aromatic carbocycles. The average Bonchev–Trinajstić information content (AvgIpc) is 2.04. The molecule has 1 saturated heterocycles. The Hall–Kier alpha value is 0.440. The molecule has 1 heterocycles. The number of halogens is 1. The highest BCUT2D eigenvalue weighted by atomic mass is 79.9. The van der Waals surface area contributed by atoms with E-state index in [1.807, 2.05) is 0 Å². The lowest BCUT2D eigenvalue weighted by atomic mass is 9.97. The number of hydrogen-bond donors (Lipinski definition) is 0. The normalized spacial score (nSPS) is 32.2. The molecule has 1 aliphatic heterocycles. The molecule has 1 rings (SSSR count). The molecule has 0 aromatic heterocycles. The van der Waals surface area contributed by atoms with Crippen molar-refractivity contribution in [3.8, 4) is 0 Å². The standard InChI is InChI=1S/C10H20BrN/c1-9-5-3-6-10(2)12(9)8-4-7-11/h9-10H,3-8H2,1-2H3. The van der Waals surface area contributed by atoms with E-state index in [2.05, 4.69) is 34.7 Å². The van der Waals surface area contributed by atoms with Crippen molar-refractivity contribution >= 4 is 15.9 Å². The minimum absolute atomic E-state index is 0.813. The van der Waals surface area contributed by atoms with Gasteiger partial charge >= 0.3 is 0 Å². The second-order valence-electron chi connectivity index (χ2n) is 3.91. The van der Waals surface area contributed by atoms with Gasteiger partial charge in [0.1, 0.15) is 0 Å². The van der Waals surface area contributed by atoms with Crippen LogP contribution in [0.3, 0.4) is 0 Å². The number of piperidine rings is 1. The molecule has 0 spiro atoms. The van der Waals surface area contributed by atoms with Crippen LogP contribution in [0.2, 0.25) is 0 Å². The highest BCUT2D eigenvalue weighted by molar-refractivity contribution is 9.09. The molecule has 2 heteroatoms. The van der Waals surface area contributed by atoms with Crippen LogP contribution in [0.5, 0.6) is 0 Å². The number of rotatable bonds is 3. The van der Waals surface area contributed by atoms with Gasteiger partial charge in [-0.15, -0.1) is 0 Å². The van der Waals surface area contributed by atoms with E-state index in [9.17, 15) is 0 Å². The first-order valence-electron chi connectivity index (χ1n) is 5.07. The van der Waals surface area contributed by atoms with Crippen molar-refractivity contribution in [2.75, 3.05) is 11.9 Å². The monoisotopic (exact) mass is 233 g/mol. The Morgan fingerprint density at radius 3 is 2.33 bits per heavy atom. The smallest absolute Gasteiger partial charge is 0.00697 e. The molecule has 0 aromatic rings. The summed E-state index contributed by atoms with van der Waals surface area (Å²) in [6.07, 6.45) is 5.50. The molecular weight excluding hydrogens is 214 g/mol. The number of alkyl halides is 1. The lowest BCUT2D eigenvalue weighted by molar-refractivity contribution is 0.104. The first-order chi connectivity index (χ1) is 5.75. The maximum Gasteiger partial charge on any atom is 0.00697 e. The zero-order valence-electron chi connectivity index (χ0n) is 8.22. The molecule has 1 nitrogen and oxygen atoms in total. The SMILES string of the molecule is CC1CCCC(C)N1CCCBr. The van der Waals surface area contributed by atoms with Crippen molar-refractivity contribution in [1.29, 1.82) is 0 Å². The van der Waals surface area contributed by atoms with E-state index in [1.54, 1.807) is 0 Å². The van der Waals surface area contributed by atoms with Crippen molar-refractivity contribution in [3.05, 3.63) is 0 Å².